The van der Waals surface area contributed by atoms with Gasteiger partial charge in [-0.25, -0.2) is 0 Å². The SMILES string of the molecule is C=CCN(C(=O)[C@@H]1[C@H]2C(=O)N(CCCCO)C(C(=O)N(CC=C)C3CCCCC3)C23CC[C@@]1(C)S3)c1ccccc1. The van der Waals surface area contributed by atoms with Crippen LogP contribution in [0.15, 0.2) is 55.6 Å². The summed E-state index contributed by atoms with van der Waals surface area (Å²) in [5.41, 5.74) is 0.787. The van der Waals surface area contributed by atoms with E-state index in [2.05, 4.69) is 20.1 Å². The summed E-state index contributed by atoms with van der Waals surface area (Å²) >= 11 is 1.73. The van der Waals surface area contributed by atoms with Crippen LogP contribution in [0.1, 0.15) is 64.7 Å². The van der Waals surface area contributed by atoms with Crippen LogP contribution in [0.25, 0.3) is 0 Å². The number of carbonyl (C=O) groups excluding carboxylic acids is 3. The maximum Gasteiger partial charge on any atom is 0.247 e. The standard InChI is InChI=1S/C33H45N3O4S/c1-4-20-34(24-14-8-6-9-15-24)29(38)26-27-30(39)36(22-12-13-23-37)28(33(27)19-18-32(26,3)41-33)31(40)35(21-5-2)25-16-10-7-11-17-25/h4-6,8-9,14-15,25-28,37H,1-2,7,10-13,16-23H2,3H3/t26-,27-,28?,32+,33?/m0/s1. The first-order chi connectivity index (χ1) is 19.8. The number of benzene rings is 1. The lowest BCUT2D eigenvalue weighted by atomic mass is 9.66. The van der Waals surface area contributed by atoms with Gasteiger partial charge in [0.1, 0.15) is 6.04 Å². The van der Waals surface area contributed by atoms with Crippen molar-refractivity contribution in [3.63, 3.8) is 0 Å². The average Bonchev–Trinajstić information content (AvgIpc) is 3.55. The molecule has 4 aliphatic rings. The number of nitrogens with zero attached hydrogens (tertiary/aromatic N) is 3. The smallest absolute Gasteiger partial charge is 0.247 e. The predicted octanol–water partition coefficient (Wildman–Crippen LogP) is 4.81. The summed E-state index contributed by atoms with van der Waals surface area (Å²) in [7, 11) is 0. The van der Waals surface area contributed by atoms with Crippen LogP contribution >= 0.6 is 11.8 Å². The molecular formula is C33H45N3O4S. The minimum absolute atomic E-state index is 0.00695. The Morgan fingerprint density at radius 2 is 1.76 bits per heavy atom. The van der Waals surface area contributed by atoms with E-state index in [0.29, 0.717) is 32.5 Å². The van der Waals surface area contributed by atoms with Crippen LogP contribution in [-0.4, -0.2) is 80.4 Å². The fourth-order valence-corrected chi connectivity index (χ4v) is 10.4. The fraction of sp³-hybridized carbons (Fsp3) is 0.606. The maximum atomic E-state index is 14.7. The van der Waals surface area contributed by atoms with Crippen LogP contribution in [0.3, 0.4) is 0 Å². The lowest BCUT2D eigenvalue weighted by Gasteiger charge is -2.41. The molecule has 1 aliphatic carbocycles. The molecule has 8 heteroatoms. The second-order valence-electron chi connectivity index (χ2n) is 12.3. The number of hydrogen-bond donors (Lipinski definition) is 1. The van der Waals surface area contributed by atoms with Crippen LogP contribution < -0.4 is 4.90 Å². The van der Waals surface area contributed by atoms with Gasteiger partial charge >= 0.3 is 0 Å². The largest absolute Gasteiger partial charge is 0.396 e. The molecule has 41 heavy (non-hydrogen) atoms. The summed E-state index contributed by atoms with van der Waals surface area (Å²) in [5, 5.41) is 9.49. The molecular weight excluding hydrogens is 534 g/mol. The van der Waals surface area contributed by atoms with E-state index < -0.39 is 27.4 Å². The summed E-state index contributed by atoms with van der Waals surface area (Å²) in [6, 6.07) is 9.12. The van der Waals surface area contributed by atoms with Crippen LogP contribution in [0.5, 0.6) is 0 Å². The normalized spacial score (nSPS) is 30.7. The van der Waals surface area contributed by atoms with E-state index in [0.717, 1.165) is 44.2 Å². The summed E-state index contributed by atoms with van der Waals surface area (Å²) in [5.74, 6) is -1.23. The molecule has 5 atom stereocenters. The van der Waals surface area contributed by atoms with E-state index in [9.17, 15) is 19.5 Å². The molecule has 5 rings (SSSR count). The third-order valence-electron chi connectivity index (χ3n) is 9.85. The lowest BCUT2D eigenvalue weighted by molar-refractivity contribution is -0.144. The monoisotopic (exact) mass is 579 g/mol. The number of anilines is 1. The molecule has 1 saturated carbocycles. The van der Waals surface area contributed by atoms with Gasteiger partial charge in [0.2, 0.25) is 17.7 Å². The third-order valence-corrected chi connectivity index (χ3v) is 11.8. The highest BCUT2D eigenvalue weighted by atomic mass is 32.2. The minimum atomic E-state index is -0.646. The molecule has 1 aromatic rings. The molecule has 0 aromatic heterocycles. The maximum absolute atomic E-state index is 14.7. The quantitative estimate of drug-likeness (QED) is 0.284. The zero-order valence-corrected chi connectivity index (χ0v) is 25.2. The first-order valence-corrected chi connectivity index (χ1v) is 16.1. The van der Waals surface area contributed by atoms with Crippen molar-refractivity contribution < 1.29 is 19.5 Å². The molecule has 1 aromatic carbocycles. The summed E-state index contributed by atoms with van der Waals surface area (Å²) in [6.07, 6.45) is 11.6. The molecule has 3 heterocycles. The van der Waals surface area contributed by atoms with Crippen molar-refractivity contribution in [2.75, 3.05) is 31.1 Å². The molecule has 3 amide bonds. The predicted molar refractivity (Wildman–Crippen MR) is 165 cm³/mol. The van der Waals surface area contributed by atoms with Crippen molar-refractivity contribution in [2.24, 2.45) is 11.8 Å². The number of unbranched alkanes of at least 4 members (excludes halogenated alkanes) is 1. The summed E-state index contributed by atoms with van der Waals surface area (Å²) < 4.78 is -1.08. The van der Waals surface area contributed by atoms with Gasteiger partial charge in [0.15, 0.2) is 0 Å². The number of rotatable bonds is 12. The van der Waals surface area contributed by atoms with E-state index in [1.807, 2.05) is 35.2 Å². The van der Waals surface area contributed by atoms with Crippen molar-refractivity contribution >= 4 is 35.2 Å². The highest BCUT2D eigenvalue weighted by Gasteiger charge is 2.77. The second kappa shape index (κ2) is 12.3. The van der Waals surface area contributed by atoms with Crippen molar-refractivity contribution in [3.05, 3.63) is 55.6 Å². The van der Waals surface area contributed by atoms with Crippen LogP contribution in [0.2, 0.25) is 0 Å². The molecule has 3 saturated heterocycles. The number of carbonyl (C=O) groups is 3. The van der Waals surface area contributed by atoms with E-state index in [-0.39, 0.29) is 30.4 Å². The number of hydrogen-bond acceptors (Lipinski definition) is 5. The van der Waals surface area contributed by atoms with Crippen molar-refractivity contribution in [2.45, 2.75) is 86.3 Å². The van der Waals surface area contributed by atoms with Gasteiger partial charge in [-0.3, -0.25) is 14.4 Å². The topological polar surface area (TPSA) is 81.2 Å². The Kier molecular flexibility index (Phi) is 9.00. The van der Waals surface area contributed by atoms with Gasteiger partial charge < -0.3 is 19.8 Å². The Morgan fingerprint density at radius 1 is 1.05 bits per heavy atom. The van der Waals surface area contributed by atoms with Gasteiger partial charge in [0.05, 0.1) is 16.6 Å². The number of para-hydroxylation sites is 1. The van der Waals surface area contributed by atoms with E-state index in [1.165, 1.54) is 6.42 Å². The molecule has 3 aliphatic heterocycles. The van der Waals surface area contributed by atoms with Crippen LogP contribution in [-0.2, 0) is 14.4 Å². The third kappa shape index (κ3) is 5.16. The van der Waals surface area contributed by atoms with Gasteiger partial charge in [-0.05, 0) is 57.6 Å². The van der Waals surface area contributed by atoms with E-state index in [1.54, 1.807) is 33.7 Å². The van der Waals surface area contributed by atoms with Gasteiger partial charge in [-0.15, -0.1) is 24.9 Å². The number of amides is 3. The van der Waals surface area contributed by atoms with Crippen LogP contribution in [0.4, 0.5) is 5.69 Å². The fourth-order valence-electron chi connectivity index (χ4n) is 8.05. The average molecular weight is 580 g/mol. The Hall–Kier alpha value is -2.58. The zero-order chi connectivity index (χ0) is 29.2. The first kappa shape index (κ1) is 29.9. The molecule has 4 fully saturated rings. The summed E-state index contributed by atoms with van der Waals surface area (Å²) in [4.78, 5) is 49.2. The number of fused-ring (bicyclic) bond motifs is 1. The Morgan fingerprint density at radius 3 is 2.41 bits per heavy atom. The highest BCUT2D eigenvalue weighted by Crippen LogP contribution is 2.71. The molecule has 0 radical (unpaired) electrons. The molecule has 1 spiro atoms. The lowest BCUT2D eigenvalue weighted by Crippen LogP contribution is -2.57. The molecule has 1 N–H and O–H groups in total. The number of aliphatic hydroxyl groups excluding tert-OH is 1. The van der Waals surface area contributed by atoms with Crippen molar-refractivity contribution in [1.82, 2.24) is 9.80 Å². The Labute approximate surface area is 249 Å². The number of thioether (sulfide) groups is 1. The van der Waals surface area contributed by atoms with Gasteiger partial charge in [0, 0.05) is 42.7 Å². The number of aliphatic hydroxyl groups is 1. The zero-order valence-electron chi connectivity index (χ0n) is 24.4. The van der Waals surface area contributed by atoms with E-state index >= 15 is 0 Å². The molecule has 7 nitrogen and oxygen atoms in total. The van der Waals surface area contributed by atoms with Gasteiger partial charge in [-0.1, -0.05) is 49.6 Å². The Bertz CT molecular complexity index is 1150. The molecule has 2 bridgehead atoms. The highest BCUT2D eigenvalue weighted by molar-refractivity contribution is 8.02. The minimum Gasteiger partial charge on any atom is -0.396 e. The Balaban J connectivity index is 1.54. The van der Waals surface area contributed by atoms with Gasteiger partial charge in [0.25, 0.3) is 0 Å². The summed E-state index contributed by atoms with van der Waals surface area (Å²) in [6.45, 7) is 11.2. The van der Waals surface area contributed by atoms with E-state index in [4.69, 9.17) is 0 Å². The van der Waals surface area contributed by atoms with Crippen molar-refractivity contribution in [1.29, 1.82) is 0 Å². The second-order valence-corrected chi connectivity index (χ2v) is 14.2. The van der Waals surface area contributed by atoms with Gasteiger partial charge in [-0.2, -0.15) is 0 Å². The van der Waals surface area contributed by atoms with Crippen LogP contribution in [0, 0.1) is 11.8 Å². The number of likely N-dealkylation sites (tertiary alicyclic amines) is 1. The van der Waals surface area contributed by atoms with Crippen molar-refractivity contribution in [3.8, 4) is 0 Å². The first-order valence-electron chi connectivity index (χ1n) is 15.3. The molecule has 2 unspecified atom stereocenters. The molecule has 222 valence electrons.